The Bertz CT molecular complexity index is 600. The Morgan fingerprint density at radius 1 is 1.20 bits per heavy atom. The monoisotopic (exact) mass is 345 g/mol. The van der Waals surface area contributed by atoms with Crippen molar-refractivity contribution < 1.29 is 9.59 Å². The zero-order valence-corrected chi connectivity index (χ0v) is 15.8. The number of hydrogen-bond donors (Lipinski definition) is 2. The van der Waals surface area contributed by atoms with E-state index in [0.29, 0.717) is 24.7 Å². The lowest BCUT2D eigenvalue weighted by atomic mass is 9.91. The van der Waals surface area contributed by atoms with Gasteiger partial charge >= 0.3 is 0 Å². The van der Waals surface area contributed by atoms with E-state index >= 15 is 0 Å². The van der Waals surface area contributed by atoms with Crippen molar-refractivity contribution in [3.63, 3.8) is 0 Å². The van der Waals surface area contributed by atoms with Gasteiger partial charge in [-0.05, 0) is 29.9 Å². The minimum Gasteiger partial charge on any atom is -0.359 e. The largest absolute Gasteiger partial charge is 0.359 e. The summed E-state index contributed by atoms with van der Waals surface area (Å²) in [7, 11) is 1.66. The maximum Gasteiger partial charge on any atom is 0.224 e. The van der Waals surface area contributed by atoms with Crippen LogP contribution < -0.4 is 10.6 Å². The van der Waals surface area contributed by atoms with Crippen molar-refractivity contribution in [2.75, 3.05) is 26.7 Å². The summed E-state index contributed by atoms with van der Waals surface area (Å²) < 4.78 is 0. The van der Waals surface area contributed by atoms with E-state index in [-0.39, 0.29) is 17.9 Å². The van der Waals surface area contributed by atoms with Crippen LogP contribution in [0.1, 0.15) is 31.4 Å². The van der Waals surface area contributed by atoms with E-state index in [1.165, 1.54) is 0 Å². The molecule has 1 heterocycles. The van der Waals surface area contributed by atoms with Crippen molar-refractivity contribution in [2.24, 2.45) is 11.8 Å². The molecule has 1 aliphatic heterocycles. The predicted molar refractivity (Wildman–Crippen MR) is 100 cm³/mol. The van der Waals surface area contributed by atoms with Gasteiger partial charge in [0.2, 0.25) is 11.8 Å². The Kier molecular flexibility index (Phi) is 7.00. The summed E-state index contributed by atoms with van der Waals surface area (Å²) in [6.07, 6.45) is 0.928. The summed E-state index contributed by atoms with van der Waals surface area (Å²) in [5.74, 6) is 1.06. The maximum atomic E-state index is 12.5. The molecule has 5 nitrogen and oxygen atoms in total. The summed E-state index contributed by atoms with van der Waals surface area (Å²) in [5.41, 5.74) is 2.23. The van der Waals surface area contributed by atoms with Gasteiger partial charge in [-0.25, -0.2) is 0 Å². The highest BCUT2D eigenvalue weighted by Crippen LogP contribution is 2.24. The maximum absolute atomic E-state index is 12.5. The van der Waals surface area contributed by atoms with Crippen LogP contribution in [-0.2, 0) is 16.0 Å². The number of hydrogen-bond acceptors (Lipinski definition) is 3. The Labute approximate surface area is 151 Å². The quantitative estimate of drug-likeness (QED) is 0.791. The molecule has 0 unspecified atom stereocenters. The van der Waals surface area contributed by atoms with Crippen LogP contribution in [0.25, 0.3) is 0 Å². The van der Waals surface area contributed by atoms with Gasteiger partial charge in [-0.3, -0.25) is 9.59 Å². The highest BCUT2D eigenvalue weighted by Gasteiger charge is 2.35. The first-order chi connectivity index (χ1) is 11.9. The molecular weight excluding hydrogens is 314 g/mol. The number of rotatable bonds is 7. The van der Waals surface area contributed by atoms with E-state index in [1.807, 2.05) is 31.2 Å². The normalized spacial score (nSPS) is 20.7. The van der Waals surface area contributed by atoms with Crippen LogP contribution in [0.5, 0.6) is 0 Å². The predicted octanol–water partition coefficient (Wildman–Crippen LogP) is 1.75. The molecule has 0 aliphatic carbocycles. The Balaban J connectivity index is 1.93. The molecule has 2 N–H and O–H groups in total. The van der Waals surface area contributed by atoms with Crippen molar-refractivity contribution >= 4 is 11.8 Å². The Hall–Kier alpha value is -1.88. The van der Waals surface area contributed by atoms with Crippen LogP contribution in [0, 0.1) is 18.8 Å². The van der Waals surface area contributed by atoms with Crippen LogP contribution >= 0.6 is 0 Å². The molecule has 0 radical (unpaired) electrons. The third-order valence-electron chi connectivity index (χ3n) is 5.19. The average molecular weight is 345 g/mol. The van der Waals surface area contributed by atoms with Gasteiger partial charge in [-0.1, -0.05) is 38.1 Å². The lowest BCUT2D eigenvalue weighted by Crippen LogP contribution is -2.42. The second-order valence-corrected chi connectivity index (χ2v) is 7.37. The summed E-state index contributed by atoms with van der Waals surface area (Å²) in [4.78, 5) is 26.3. The summed E-state index contributed by atoms with van der Waals surface area (Å²) in [5, 5.41) is 5.90. The minimum absolute atomic E-state index is 0.0631. The summed E-state index contributed by atoms with van der Waals surface area (Å²) in [6.45, 7) is 8.94. The standard InChI is InChI=1S/C20H31N3O2/c1-14(2)17-12-23(10-9-19(24)21-4)13-18(17)22-20(25)11-16-8-6-5-7-15(16)3/h5-8,14,17-18H,9-13H2,1-4H3,(H,21,24)(H,22,25)/t17-,18+/m1/s1. The molecule has 1 aliphatic rings. The topological polar surface area (TPSA) is 61.4 Å². The zero-order chi connectivity index (χ0) is 18.4. The molecule has 0 spiro atoms. The second-order valence-electron chi connectivity index (χ2n) is 7.37. The first kappa shape index (κ1) is 19.4. The fourth-order valence-corrected chi connectivity index (χ4v) is 3.55. The molecule has 2 rings (SSSR count). The van der Waals surface area contributed by atoms with Crippen LogP contribution in [-0.4, -0.2) is 49.4 Å². The highest BCUT2D eigenvalue weighted by atomic mass is 16.2. The number of carbonyl (C=O) groups is 2. The van der Waals surface area contributed by atoms with Crippen molar-refractivity contribution in [1.29, 1.82) is 0 Å². The van der Waals surface area contributed by atoms with E-state index in [1.54, 1.807) is 7.05 Å². The van der Waals surface area contributed by atoms with Gasteiger partial charge in [0.25, 0.3) is 0 Å². The number of benzene rings is 1. The van der Waals surface area contributed by atoms with E-state index in [4.69, 9.17) is 0 Å². The van der Waals surface area contributed by atoms with Gasteiger partial charge in [-0.2, -0.15) is 0 Å². The fraction of sp³-hybridized carbons (Fsp3) is 0.600. The molecule has 2 atom stereocenters. The second kappa shape index (κ2) is 8.99. The van der Waals surface area contributed by atoms with Crippen LogP contribution in [0.4, 0.5) is 0 Å². The van der Waals surface area contributed by atoms with Crippen molar-refractivity contribution in [3.8, 4) is 0 Å². The molecule has 1 fully saturated rings. The molecule has 1 aromatic carbocycles. The van der Waals surface area contributed by atoms with Gasteiger partial charge in [-0.15, -0.1) is 0 Å². The first-order valence-electron chi connectivity index (χ1n) is 9.17. The third-order valence-corrected chi connectivity index (χ3v) is 5.19. The number of amides is 2. The summed E-state index contributed by atoms with van der Waals surface area (Å²) in [6, 6.07) is 8.17. The van der Waals surface area contributed by atoms with Gasteiger partial charge < -0.3 is 15.5 Å². The van der Waals surface area contributed by atoms with Crippen LogP contribution in [0.2, 0.25) is 0 Å². The highest BCUT2D eigenvalue weighted by molar-refractivity contribution is 5.79. The molecule has 138 valence electrons. The number of nitrogens with zero attached hydrogens (tertiary/aromatic N) is 1. The Morgan fingerprint density at radius 2 is 1.92 bits per heavy atom. The summed E-state index contributed by atoms with van der Waals surface area (Å²) >= 11 is 0. The minimum atomic E-state index is 0.0631. The fourth-order valence-electron chi connectivity index (χ4n) is 3.55. The molecule has 1 saturated heterocycles. The molecule has 0 bridgehead atoms. The molecule has 5 heteroatoms. The average Bonchev–Trinajstić information content (AvgIpc) is 2.97. The number of likely N-dealkylation sites (tertiary alicyclic amines) is 1. The lowest BCUT2D eigenvalue weighted by Gasteiger charge is -2.23. The SMILES string of the molecule is CNC(=O)CCN1C[C@H](NC(=O)Cc2ccccc2C)[C@@H](C(C)C)C1. The molecule has 0 saturated carbocycles. The molecule has 2 amide bonds. The number of aryl methyl sites for hydroxylation is 1. The van der Waals surface area contributed by atoms with Crippen molar-refractivity contribution in [3.05, 3.63) is 35.4 Å². The van der Waals surface area contributed by atoms with Gasteiger partial charge in [0.15, 0.2) is 0 Å². The van der Waals surface area contributed by atoms with E-state index in [2.05, 4.69) is 29.4 Å². The Morgan fingerprint density at radius 3 is 2.56 bits per heavy atom. The lowest BCUT2D eigenvalue weighted by molar-refractivity contribution is -0.122. The smallest absolute Gasteiger partial charge is 0.224 e. The van der Waals surface area contributed by atoms with Gasteiger partial charge in [0, 0.05) is 39.1 Å². The van der Waals surface area contributed by atoms with E-state index in [0.717, 1.165) is 30.8 Å². The third kappa shape index (κ3) is 5.56. The molecule has 1 aromatic rings. The van der Waals surface area contributed by atoms with Crippen molar-refractivity contribution in [1.82, 2.24) is 15.5 Å². The number of carbonyl (C=O) groups excluding carboxylic acids is 2. The van der Waals surface area contributed by atoms with Crippen LogP contribution in [0.3, 0.4) is 0 Å². The van der Waals surface area contributed by atoms with E-state index < -0.39 is 0 Å². The molecule has 25 heavy (non-hydrogen) atoms. The van der Waals surface area contributed by atoms with Crippen molar-refractivity contribution in [2.45, 2.75) is 39.7 Å². The van der Waals surface area contributed by atoms with Gasteiger partial charge in [0.05, 0.1) is 6.42 Å². The van der Waals surface area contributed by atoms with Crippen LogP contribution in [0.15, 0.2) is 24.3 Å². The zero-order valence-electron chi connectivity index (χ0n) is 15.8. The first-order valence-corrected chi connectivity index (χ1v) is 9.17. The molecular formula is C20H31N3O2. The van der Waals surface area contributed by atoms with E-state index in [9.17, 15) is 9.59 Å². The molecule has 0 aromatic heterocycles. The van der Waals surface area contributed by atoms with Gasteiger partial charge in [0.1, 0.15) is 0 Å². The number of nitrogens with one attached hydrogen (secondary N) is 2.